The lowest BCUT2D eigenvalue weighted by Gasteiger charge is -2.34. The highest BCUT2D eigenvalue weighted by Crippen LogP contribution is 2.30. The van der Waals surface area contributed by atoms with E-state index in [1.807, 2.05) is 12.1 Å². The molecule has 1 aromatic carbocycles. The first-order valence-corrected chi connectivity index (χ1v) is 7.55. The van der Waals surface area contributed by atoms with Gasteiger partial charge in [0.2, 0.25) is 0 Å². The van der Waals surface area contributed by atoms with Crippen LogP contribution in [0.5, 0.6) is 0 Å². The van der Waals surface area contributed by atoms with Crippen LogP contribution in [-0.2, 0) is 6.18 Å². The Kier molecular flexibility index (Phi) is 4.53. The number of rotatable bonds is 2. The third-order valence-corrected chi connectivity index (χ3v) is 3.99. The number of piperazine rings is 1. The number of benzene rings is 1. The van der Waals surface area contributed by atoms with Crippen molar-refractivity contribution in [1.82, 2.24) is 15.2 Å². The van der Waals surface area contributed by atoms with Crippen molar-refractivity contribution in [2.75, 3.05) is 19.6 Å². The maximum absolute atomic E-state index is 12.8. The van der Waals surface area contributed by atoms with Crippen LogP contribution in [0.2, 0.25) is 0 Å². The fraction of sp³-hybridized carbons (Fsp3) is 0.294. The summed E-state index contributed by atoms with van der Waals surface area (Å²) in [5, 5.41) is 3.29. The molecule has 2 heterocycles. The quantitative estimate of drug-likeness (QED) is 0.918. The highest BCUT2D eigenvalue weighted by molar-refractivity contribution is 5.94. The Balaban J connectivity index is 1.78. The van der Waals surface area contributed by atoms with Crippen molar-refractivity contribution >= 4 is 5.91 Å². The zero-order chi connectivity index (χ0) is 17.2. The number of halogens is 3. The van der Waals surface area contributed by atoms with Crippen LogP contribution in [0, 0.1) is 0 Å². The van der Waals surface area contributed by atoms with Gasteiger partial charge in [-0.05, 0) is 29.8 Å². The fourth-order valence-corrected chi connectivity index (χ4v) is 2.75. The van der Waals surface area contributed by atoms with Crippen LogP contribution in [0.4, 0.5) is 13.2 Å². The zero-order valence-corrected chi connectivity index (χ0v) is 12.8. The molecule has 1 aliphatic heterocycles. The summed E-state index contributed by atoms with van der Waals surface area (Å²) in [6, 6.07) is 8.18. The lowest BCUT2D eigenvalue weighted by molar-refractivity contribution is -0.137. The summed E-state index contributed by atoms with van der Waals surface area (Å²) < 4.78 is 38.4. The SMILES string of the molecule is O=C(c1cccc(C(F)(F)F)c1)N1CCNC(c2cccnc2)C1. The van der Waals surface area contributed by atoms with Gasteiger partial charge in [0.05, 0.1) is 11.6 Å². The molecule has 24 heavy (non-hydrogen) atoms. The van der Waals surface area contributed by atoms with Gasteiger partial charge in [0.15, 0.2) is 0 Å². The van der Waals surface area contributed by atoms with Gasteiger partial charge in [-0.15, -0.1) is 0 Å². The van der Waals surface area contributed by atoms with E-state index >= 15 is 0 Å². The van der Waals surface area contributed by atoms with E-state index in [9.17, 15) is 18.0 Å². The molecule has 0 radical (unpaired) electrons. The molecule has 126 valence electrons. The predicted molar refractivity (Wildman–Crippen MR) is 82.3 cm³/mol. The van der Waals surface area contributed by atoms with Gasteiger partial charge in [-0.1, -0.05) is 12.1 Å². The summed E-state index contributed by atoms with van der Waals surface area (Å²) in [4.78, 5) is 18.2. The third kappa shape index (κ3) is 3.56. The van der Waals surface area contributed by atoms with E-state index in [1.165, 1.54) is 12.1 Å². The van der Waals surface area contributed by atoms with Crippen LogP contribution in [0.25, 0.3) is 0 Å². The number of pyridine rings is 1. The summed E-state index contributed by atoms with van der Waals surface area (Å²) >= 11 is 0. The lowest BCUT2D eigenvalue weighted by Crippen LogP contribution is -2.48. The Morgan fingerprint density at radius 3 is 2.79 bits per heavy atom. The maximum atomic E-state index is 12.8. The minimum atomic E-state index is -4.46. The third-order valence-electron chi connectivity index (χ3n) is 3.99. The van der Waals surface area contributed by atoms with Crippen molar-refractivity contribution in [2.24, 2.45) is 0 Å². The van der Waals surface area contributed by atoms with E-state index in [1.54, 1.807) is 17.3 Å². The van der Waals surface area contributed by atoms with E-state index in [2.05, 4.69) is 10.3 Å². The monoisotopic (exact) mass is 335 g/mol. The van der Waals surface area contributed by atoms with Gasteiger partial charge in [-0.25, -0.2) is 0 Å². The Morgan fingerprint density at radius 2 is 2.08 bits per heavy atom. The normalized spacial score (nSPS) is 18.5. The van der Waals surface area contributed by atoms with E-state index in [4.69, 9.17) is 0 Å². The van der Waals surface area contributed by atoms with Crippen LogP contribution in [0.3, 0.4) is 0 Å². The average Bonchev–Trinajstić information content (AvgIpc) is 2.61. The molecule has 4 nitrogen and oxygen atoms in total. The summed E-state index contributed by atoms with van der Waals surface area (Å²) in [6.45, 7) is 1.41. The molecule has 1 amide bonds. The van der Waals surface area contributed by atoms with Gasteiger partial charge in [0.1, 0.15) is 0 Å². The molecule has 1 fully saturated rings. The number of nitrogens with one attached hydrogen (secondary N) is 1. The number of hydrogen-bond acceptors (Lipinski definition) is 3. The number of carbonyl (C=O) groups excluding carboxylic acids is 1. The van der Waals surface area contributed by atoms with Crippen molar-refractivity contribution in [2.45, 2.75) is 12.2 Å². The molecular formula is C17H16F3N3O. The second-order valence-electron chi connectivity index (χ2n) is 5.62. The minimum Gasteiger partial charge on any atom is -0.335 e. The molecule has 1 saturated heterocycles. The lowest BCUT2D eigenvalue weighted by atomic mass is 10.0. The molecule has 2 aromatic rings. The number of aromatic nitrogens is 1. The topological polar surface area (TPSA) is 45.2 Å². The van der Waals surface area contributed by atoms with E-state index < -0.39 is 17.6 Å². The number of amides is 1. The van der Waals surface area contributed by atoms with E-state index in [0.29, 0.717) is 19.6 Å². The van der Waals surface area contributed by atoms with Gasteiger partial charge in [0, 0.05) is 37.6 Å². The van der Waals surface area contributed by atoms with E-state index in [0.717, 1.165) is 17.7 Å². The van der Waals surface area contributed by atoms with Crippen molar-refractivity contribution < 1.29 is 18.0 Å². The van der Waals surface area contributed by atoms with Crippen molar-refractivity contribution in [3.05, 3.63) is 65.5 Å². The van der Waals surface area contributed by atoms with Gasteiger partial charge in [-0.2, -0.15) is 13.2 Å². The first-order valence-electron chi connectivity index (χ1n) is 7.55. The van der Waals surface area contributed by atoms with Crippen LogP contribution < -0.4 is 5.32 Å². The molecule has 3 rings (SSSR count). The fourth-order valence-electron chi connectivity index (χ4n) is 2.75. The minimum absolute atomic E-state index is 0.0525. The summed E-state index contributed by atoms with van der Waals surface area (Å²) in [5.41, 5.74) is 0.183. The van der Waals surface area contributed by atoms with Crippen LogP contribution >= 0.6 is 0 Å². The molecule has 1 aliphatic rings. The van der Waals surface area contributed by atoms with Crippen LogP contribution in [0.15, 0.2) is 48.8 Å². The van der Waals surface area contributed by atoms with Crippen molar-refractivity contribution in [3.63, 3.8) is 0 Å². The van der Waals surface area contributed by atoms with Gasteiger partial charge < -0.3 is 10.2 Å². The zero-order valence-electron chi connectivity index (χ0n) is 12.8. The average molecular weight is 335 g/mol. The Bertz CT molecular complexity index is 719. The smallest absolute Gasteiger partial charge is 0.335 e. The summed E-state index contributed by atoms with van der Waals surface area (Å²) in [7, 11) is 0. The van der Waals surface area contributed by atoms with Gasteiger partial charge in [0.25, 0.3) is 5.91 Å². The number of nitrogens with zero attached hydrogens (tertiary/aromatic N) is 2. The first-order chi connectivity index (χ1) is 11.4. The highest BCUT2D eigenvalue weighted by atomic mass is 19.4. The molecule has 0 aliphatic carbocycles. The number of alkyl halides is 3. The Hall–Kier alpha value is -2.41. The Morgan fingerprint density at radius 1 is 1.25 bits per heavy atom. The van der Waals surface area contributed by atoms with Gasteiger partial charge in [-0.3, -0.25) is 9.78 Å². The molecule has 0 spiro atoms. The van der Waals surface area contributed by atoms with Crippen molar-refractivity contribution in [1.29, 1.82) is 0 Å². The van der Waals surface area contributed by atoms with Gasteiger partial charge >= 0.3 is 6.18 Å². The molecule has 1 unspecified atom stereocenters. The molecule has 7 heteroatoms. The van der Waals surface area contributed by atoms with Crippen LogP contribution in [-0.4, -0.2) is 35.4 Å². The molecule has 1 N–H and O–H groups in total. The second-order valence-corrected chi connectivity index (χ2v) is 5.62. The number of carbonyl (C=O) groups is 1. The maximum Gasteiger partial charge on any atom is 0.416 e. The largest absolute Gasteiger partial charge is 0.416 e. The first kappa shape index (κ1) is 16.4. The molecule has 0 bridgehead atoms. The second kappa shape index (κ2) is 6.60. The Labute approximate surface area is 137 Å². The predicted octanol–water partition coefficient (Wildman–Crippen LogP) is 2.89. The highest BCUT2D eigenvalue weighted by Gasteiger charge is 2.32. The van der Waals surface area contributed by atoms with Crippen molar-refractivity contribution in [3.8, 4) is 0 Å². The molecule has 0 saturated carbocycles. The number of hydrogen-bond donors (Lipinski definition) is 1. The standard InChI is InChI=1S/C17H16F3N3O/c18-17(19,20)14-5-1-3-12(9-14)16(24)23-8-7-22-15(11-23)13-4-2-6-21-10-13/h1-6,9-10,15,22H,7-8,11H2. The van der Waals surface area contributed by atoms with E-state index in [-0.39, 0.29) is 11.6 Å². The summed E-state index contributed by atoms with van der Waals surface area (Å²) in [6.07, 6.45) is -1.08. The molecule has 1 atom stereocenters. The molecular weight excluding hydrogens is 319 g/mol. The molecule has 1 aromatic heterocycles. The van der Waals surface area contributed by atoms with Crippen LogP contribution in [0.1, 0.15) is 27.5 Å². The summed E-state index contributed by atoms with van der Waals surface area (Å²) in [5.74, 6) is -0.392.